The minimum Gasteiger partial charge on any atom is -0.658 e. The van der Waals surface area contributed by atoms with E-state index in [2.05, 4.69) is 78.9 Å². The van der Waals surface area contributed by atoms with E-state index in [1.54, 1.807) is 0 Å². The van der Waals surface area contributed by atoms with E-state index in [0.29, 0.717) is 0 Å². The minimum atomic E-state index is -1.18. The third kappa shape index (κ3) is 2.63. The second-order valence-corrected chi connectivity index (χ2v) is 6.78. The topological polar surface area (TPSA) is 13.1 Å². The van der Waals surface area contributed by atoms with Crippen molar-refractivity contribution in [1.29, 1.82) is 0 Å². The molecule has 2 heterocycles. The first-order chi connectivity index (χ1) is 11.6. The second kappa shape index (κ2) is 5.68. The molecule has 1 aromatic heterocycles. The summed E-state index contributed by atoms with van der Waals surface area (Å²) in [6.07, 6.45) is 4.32. The van der Waals surface area contributed by atoms with Gasteiger partial charge in [-0.1, -0.05) is 74.3 Å². The lowest BCUT2D eigenvalue weighted by atomic mass is 9.55. The third-order valence-corrected chi connectivity index (χ3v) is 4.54. The molecule has 0 fully saturated rings. The number of benzene rings is 2. The van der Waals surface area contributed by atoms with Gasteiger partial charge in [0, 0.05) is 23.3 Å². The Morgan fingerprint density at radius 3 is 2.00 bits per heavy atom. The number of hydrogen-bond acceptors (Lipinski definition) is 1. The fourth-order valence-corrected chi connectivity index (χ4v) is 3.28. The molecule has 0 unspecified atom stereocenters. The Morgan fingerprint density at radius 1 is 0.708 bits per heavy atom. The molecular formula is C21H20BNO. The highest BCUT2D eigenvalue weighted by molar-refractivity contribution is 6.63. The molecule has 0 radical (unpaired) electrons. The van der Waals surface area contributed by atoms with E-state index in [9.17, 15) is 0 Å². The molecule has 2 aromatic carbocycles. The molecule has 0 atom stereocenters. The first-order valence-electron chi connectivity index (χ1n) is 8.43. The lowest BCUT2D eigenvalue weighted by Gasteiger charge is -2.35. The van der Waals surface area contributed by atoms with Crippen LogP contribution in [0.1, 0.15) is 11.3 Å². The number of hydrogen-bond donors (Lipinski definition) is 0. The molecule has 3 heteroatoms. The van der Waals surface area contributed by atoms with Crippen LogP contribution in [0.3, 0.4) is 0 Å². The standard InChI is InChI=1S/C21H20BNO/c1-22(2)23-16-19(17-9-5-3-6-10-17)13-14-20(23)15-21(24-22)18-11-7-4-8-12-18/h3-16H,1-2H3. The van der Waals surface area contributed by atoms with Crippen molar-refractivity contribution in [2.24, 2.45) is 0 Å². The average molecular weight is 313 g/mol. The van der Waals surface area contributed by atoms with Gasteiger partial charge in [-0.25, -0.2) is 0 Å². The molecule has 0 N–H and O–H groups in total. The molecular weight excluding hydrogens is 293 g/mol. The summed E-state index contributed by atoms with van der Waals surface area (Å²) < 4.78 is 8.62. The van der Waals surface area contributed by atoms with Crippen molar-refractivity contribution in [3.05, 3.63) is 90.3 Å². The van der Waals surface area contributed by atoms with Crippen LogP contribution in [-0.4, -0.2) is 6.48 Å². The van der Waals surface area contributed by atoms with Gasteiger partial charge in [0.25, 0.3) is 0 Å². The third-order valence-electron chi connectivity index (χ3n) is 4.54. The van der Waals surface area contributed by atoms with Gasteiger partial charge in [0.15, 0.2) is 5.69 Å². The zero-order chi connectivity index (χ0) is 16.6. The van der Waals surface area contributed by atoms with Crippen molar-refractivity contribution in [2.45, 2.75) is 13.6 Å². The number of rotatable bonds is 2. The van der Waals surface area contributed by atoms with Crippen LogP contribution in [-0.2, 0) is 4.65 Å². The predicted molar refractivity (Wildman–Crippen MR) is 100 cm³/mol. The lowest BCUT2D eigenvalue weighted by Crippen LogP contribution is -2.65. The first kappa shape index (κ1) is 14.8. The Bertz CT molecular complexity index is 902. The van der Waals surface area contributed by atoms with Gasteiger partial charge < -0.3 is 9.13 Å². The normalized spacial score (nSPS) is 15.2. The summed E-state index contributed by atoms with van der Waals surface area (Å²) >= 11 is 0. The van der Waals surface area contributed by atoms with Crippen LogP contribution >= 0.6 is 0 Å². The average Bonchev–Trinajstić information content (AvgIpc) is 2.62. The highest BCUT2D eigenvalue weighted by atomic mass is 16.5. The van der Waals surface area contributed by atoms with Crippen LogP contribution in [0, 0.1) is 0 Å². The molecule has 0 saturated carbocycles. The Morgan fingerprint density at radius 2 is 1.33 bits per heavy atom. The van der Waals surface area contributed by atoms with E-state index >= 15 is 0 Å². The molecule has 118 valence electrons. The Kier molecular flexibility index (Phi) is 3.49. The zero-order valence-electron chi connectivity index (χ0n) is 14.0. The monoisotopic (exact) mass is 313 g/mol. The van der Waals surface area contributed by atoms with E-state index in [1.165, 1.54) is 16.8 Å². The van der Waals surface area contributed by atoms with Crippen molar-refractivity contribution < 1.29 is 9.13 Å². The van der Waals surface area contributed by atoms with Gasteiger partial charge >= 0.3 is 6.48 Å². The van der Waals surface area contributed by atoms with Crippen LogP contribution in [0.4, 0.5) is 0 Å². The molecule has 1 aliphatic rings. The largest absolute Gasteiger partial charge is 0.658 e. The van der Waals surface area contributed by atoms with Gasteiger partial charge in [-0.3, -0.25) is 0 Å². The summed E-state index contributed by atoms with van der Waals surface area (Å²) in [6.45, 7) is 3.14. The Balaban J connectivity index is 1.82. The van der Waals surface area contributed by atoms with Gasteiger partial charge in [0.05, 0.1) is 5.76 Å². The molecule has 2 nitrogen and oxygen atoms in total. The van der Waals surface area contributed by atoms with E-state index in [-0.39, 0.29) is 0 Å². The van der Waals surface area contributed by atoms with Crippen molar-refractivity contribution in [2.75, 3.05) is 0 Å². The molecule has 0 saturated heterocycles. The molecule has 0 amide bonds. The molecule has 4 rings (SSSR count). The fourth-order valence-electron chi connectivity index (χ4n) is 3.28. The fraction of sp³-hybridized carbons (Fsp3) is 0.0952. The summed E-state index contributed by atoms with van der Waals surface area (Å²) in [7, 11) is 0. The second-order valence-electron chi connectivity index (χ2n) is 6.78. The van der Waals surface area contributed by atoms with Crippen LogP contribution < -0.4 is 4.48 Å². The van der Waals surface area contributed by atoms with Crippen LogP contribution in [0.5, 0.6) is 0 Å². The number of nitrogens with zero attached hydrogens (tertiary/aromatic N) is 1. The van der Waals surface area contributed by atoms with Crippen LogP contribution in [0.15, 0.2) is 79.0 Å². The number of pyridine rings is 1. The summed E-state index contributed by atoms with van der Waals surface area (Å²) in [5, 5.41) is 0. The minimum absolute atomic E-state index is 0.938. The summed E-state index contributed by atoms with van der Waals surface area (Å²) in [6, 6.07) is 25.1. The lowest BCUT2D eigenvalue weighted by molar-refractivity contribution is -0.561. The zero-order valence-corrected chi connectivity index (χ0v) is 14.0. The smallest absolute Gasteiger partial charge is 0.450 e. The van der Waals surface area contributed by atoms with Gasteiger partial charge in [-0.2, -0.15) is 0 Å². The molecule has 0 aliphatic carbocycles. The molecule has 0 spiro atoms. The highest BCUT2D eigenvalue weighted by Gasteiger charge is 2.35. The van der Waals surface area contributed by atoms with Crippen molar-refractivity contribution in [1.82, 2.24) is 0 Å². The van der Waals surface area contributed by atoms with E-state index in [4.69, 9.17) is 4.65 Å². The quantitative estimate of drug-likeness (QED) is 0.624. The SMILES string of the molecule is C[B-]1(C)OC(c2ccccc2)=Cc2ccc(-c3ccccc3)c[n+]21. The maximum atomic E-state index is 6.36. The van der Waals surface area contributed by atoms with Crippen molar-refractivity contribution in [3.63, 3.8) is 0 Å². The Hall–Kier alpha value is -2.81. The maximum absolute atomic E-state index is 6.36. The summed E-state index contributed by atoms with van der Waals surface area (Å²) in [4.78, 5) is 0. The molecule has 24 heavy (non-hydrogen) atoms. The number of fused-ring (bicyclic) bond motifs is 1. The first-order valence-corrected chi connectivity index (χ1v) is 8.43. The van der Waals surface area contributed by atoms with Gasteiger partial charge in [-0.05, 0) is 11.6 Å². The van der Waals surface area contributed by atoms with Crippen molar-refractivity contribution in [3.8, 4) is 11.1 Å². The number of aromatic nitrogens is 1. The van der Waals surface area contributed by atoms with E-state index in [1.807, 2.05) is 24.3 Å². The highest BCUT2D eigenvalue weighted by Crippen LogP contribution is 2.27. The van der Waals surface area contributed by atoms with Crippen molar-refractivity contribution >= 4 is 18.3 Å². The van der Waals surface area contributed by atoms with E-state index in [0.717, 1.165) is 11.3 Å². The summed E-state index contributed by atoms with van der Waals surface area (Å²) in [5.41, 5.74) is 4.71. The Labute approximate surface area is 143 Å². The van der Waals surface area contributed by atoms with Gasteiger partial charge in [-0.15, -0.1) is 0 Å². The maximum Gasteiger partial charge on any atom is 0.450 e. The van der Waals surface area contributed by atoms with Crippen LogP contribution in [0.25, 0.3) is 23.0 Å². The van der Waals surface area contributed by atoms with Crippen LogP contribution in [0.2, 0.25) is 13.6 Å². The molecule has 1 aliphatic heterocycles. The predicted octanol–water partition coefficient (Wildman–Crippen LogP) is 4.72. The van der Waals surface area contributed by atoms with Gasteiger partial charge in [0.1, 0.15) is 6.20 Å². The molecule has 3 aromatic rings. The molecule has 0 bridgehead atoms. The van der Waals surface area contributed by atoms with E-state index < -0.39 is 6.48 Å². The van der Waals surface area contributed by atoms with Gasteiger partial charge in [0.2, 0.25) is 0 Å². The summed E-state index contributed by atoms with van der Waals surface area (Å²) in [5.74, 6) is 0.938.